The van der Waals surface area contributed by atoms with Crippen molar-refractivity contribution in [1.82, 2.24) is 10.6 Å². The molecule has 0 heterocycles. The number of amides is 2. The lowest BCUT2D eigenvalue weighted by atomic mass is 9.96. The van der Waals surface area contributed by atoms with Crippen molar-refractivity contribution in [3.8, 4) is 0 Å². The van der Waals surface area contributed by atoms with E-state index in [9.17, 15) is 36.7 Å². The number of aryl methyl sites for hydroxylation is 2. The van der Waals surface area contributed by atoms with Gasteiger partial charge < -0.3 is 24.9 Å². The molecule has 2 atom stereocenters. The monoisotopic (exact) mass is 750 g/mol. The average Bonchev–Trinajstić information content (AvgIpc) is 3.05. The van der Waals surface area contributed by atoms with Gasteiger partial charge in [-0.1, -0.05) is 54.6 Å². The van der Waals surface area contributed by atoms with Gasteiger partial charge in [0.25, 0.3) is 0 Å². The third kappa shape index (κ3) is 16.0. The van der Waals surface area contributed by atoms with Gasteiger partial charge in [0.1, 0.15) is 40.8 Å². The van der Waals surface area contributed by atoms with E-state index in [0.29, 0.717) is 11.8 Å². The van der Waals surface area contributed by atoms with Gasteiger partial charge in [-0.05, 0) is 107 Å². The minimum absolute atomic E-state index is 0.0164. The lowest BCUT2D eigenvalue weighted by Gasteiger charge is -2.23. The summed E-state index contributed by atoms with van der Waals surface area (Å²) in [4.78, 5) is 48.1. The Morgan fingerprint density at radius 1 is 0.593 bits per heavy atom. The maximum absolute atomic E-state index is 13.7. The number of alkyl carbamates (subject to hydrolysis) is 2. The summed E-state index contributed by atoms with van der Waals surface area (Å²) in [6.45, 7) is 10.2. The third-order valence-electron chi connectivity index (χ3n) is 7.40. The zero-order valence-corrected chi connectivity index (χ0v) is 31.2. The molecule has 0 unspecified atom stereocenters. The highest BCUT2D eigenvalue weighted by Gasteiger charge is 2.26. The van der Waals surface area contributed by atoms with Crippen LogP contribution in [0.3, 0.4) is 0 Å². The number of hydrogen-bond donors (Lipinski definition) is 2. The Kier molecular flexibility index (Phi) is 15.5. The first-order valence-electron chi connectivity index (χ1n) is 17.3. The quantitative estimate of drug-likeness (QED) is 0.0852. The molecule has 2 amide bonds. The summed E-state index contributed by atoms with van der Waals surface area (Å²) in [5.41, 5.74) is 1.77. The van der Waals surface area contributed by atoms with E-state index in [1.165, 1.54) is 5.56 Å². The summed E-state index contributed by atoms with van der Waals surface area (Å²) in [6, 6.07) is 21.3. The number of halogens is 4. The van der Waals surface area contributed by atoms with E-state index in [2.05, 4.69) is 22.8 Å². The Hall–Kier alpha value is -5.52. The van der Waals surface area contributed by atoms with Gasteiger partial charge in [-0.3, -0.25) is 4.79 Å². The van der Waals surface area contributed by atoms with Crippen LogP contribution in [0.4, 0.5) is 27.2 Å². The molecule has 0 aliphatic rings. The van der Waals surface area contributed by atoms with Gasteiger partial charge in [0.05, 0.1) is 12.1 Å². The Morgan fingerprint density at radius 3 is 1.46 bits per heavy atom. The van der Waals surface area contributed by atoms with Gasteiger partial charge in [-0.2, -0.15) is 0 Å². The normalized spacial score (nSPS) is 12.3. The average molecular weight is 751 g/mol. The number of nitrogens with one attached hydrogen (secondary N) is 2. The third-order valence-corrected chi connectivity index (χ3v) is 7.40. The fraction of sp³-hybridized carbons (Fsp3) is 0.333. The Labute approximate surface area is 313 Å². The lowest BCUT2D eigenvalue weighted by Crippen LogP contribution is -2.44. The zero-order chi connectivity index (χ0) is 40.1. The van der Waals surface area contributed by atoms with Crippen LogP contribution in [0.1, 0.15) is 74.2 Å². The van der Waals surface area contributed by atoms with E-state index < -0.39 is 58.7 Å². The first-order chi connectivity index (χ1) is 25.3. The smallest absolute Gasteiger partial charge is 0.408 e. The molecule has 8 nitrogen and oxygen atoms in total. The summed E-state index contributed by atoms with van der Waals surface area (Å²) >= 11 is 0. The number of carbonyl (C=O) groups excluding carboxylic acids is 4. The van der Waals surface area contributed by atoms with Crippen LogP contribution >= 0.6 is 0 Å². The summed E-state index contributed by atoms with van der Waals surface area (Å²) in [5, 5.41) is 4.90. The molecular formula is C42H46F4N2O6. The Morgan fingerprint density at radius 2 is 1.02 bits per heavy atom. The second kappa shape index (κ2) is 19.5. The molecule has 4 aromatic carbocycles. The van der Waals surface area contributed by atoms with Gasteiger partial charge in [-0.25, -0.2) is 27.2 Å². The molecule has 4 rings (SSSR count). The fourth-order valence-corrected chi connectivity index (χ4v) is 5.17. The maximum atomic E-state index is 13.7. The van der Waals surface area contributed by atoms with Crippen molar-refractivity contribution in [2.75, 3.05) is 0 Å². The zero-order valence-electron chi connectivity index (χ0n) is 31.2. The van der Waals surface area contributed by atoms with Crippen molar-refractivity contribution in [2.24, 2.45) is 0 Å². The van der Waals surface area contributed by atoms with Crippen LogP contribution in [-0.4, -0.2) is 47.5 Å². The maximum Gasteiger partial charge on any atom is 0.408 e. The molecule has 0 aliphatic heterocycles. The highest BCUT2D eigenvalue weighted by Crippen LogP contribution is 2.17. The predicted molar refractivity (Wildman–Crippen MR) is 197 cm³/mol. The fourth-order valence-electron chi connectivity index (χ4n) is 5.17. The Balaban J connectivity index is 0.000000334. The van der Waals surface area contributed by atoms with Crippen molar-refractivity contribution < 1.29 is 46.2 Å². The number of aldehydes is 1. The standard InChI is InChI=1S/C28H29F2NO3.C14H17F2NO3/c1-28(2,3)34-27(33)31-25(17-21-15-23(29)18-24(30)16-21)26(32)22-13-11-20(12-14-22)10-9-19-7-5-4-6-8-19;1-14(2,3)20-13(19)17-12(8-18)6-9-4-10(15)7-11(16)5-9/h4-8,11-16,18,25H,9-10,17H2,1-3H3,(H,31,33);4-5,7-8,12H,6H2,1-3H3,(H,17,19)/t25-;12-/m00/s1. The van der Waals surface area contributed by atoms with Crippen molar-refractivity contribution in [3.63, 3.8) is 0 Å². The molecule has 0 spiro atoms. The number of ether oxygens (including phenoxy) is 2. The SMILES string of the molecule is CC(C)(C)OC(=O)N[C@@H](Cc1cc(F)cc(F)c1)C(=O)c1ccc(CCc2ccccc2)cc1.CC(C)(C)OC(=O)N[C@H](C=O)Cc1cc(F)cc(F)c1. The number of benzene rings is 4. The molecule has 4 aromatic rings. The molecule has 0 bridgehead atoms. The van der Waals surface area contributed by atoms with E-state index in [4.69, 9.17) is 9.47 Å². The topological polar surface area (TPSA) is 111 Å². The highest BCUT2D eigenvalue weighted by atomic mass is 19.1. The number of rotatable bonds is 12. The van der Waals surface area contributed by atoms with E-state index >= 15 is 0 Å². The van der Waals surface area contributed by atoms with Gasteiger partial charge in [0, 0.05) is 24.1 Å². The van der Waals surface area contributed by atoms with E-state index in [1.54, 1.807) is 53.7 Å². The van der Waals surface area contributed by atoms with E-state index in [0.717, 1.165) is 54.8 Å². The van der Waals surface area contributed by atoms with Crippen molar-refractivity contribution in [1.29, 1.82) is 0 Å². The van der Waals surface area contributed by atoms with Gasteiger partial charge in [0.15, 0.2) is 5.78 Å². The Bertz CT molecular complexity index is 1830. The van der Waals surface area contributed by atoms with Crippen molar-refractivity contribution in [3.05, 3.63) is 142 Å². The molecule has 0 aliphatic carbocycles. The number of carbonyl (C=O) groups is 4. The molecule has 54 heavy (non-hydrogen) atoms. The summed E-state index contributed by atoms with van der Waals surface area (Å²) in [7, 11) is 0. The van der Waals surface area contributed by atoms with Crippen LogP contribution < -0.4 is 10.6 Å². The lowest BCUT2D eigenvalue weighted by molar-refractivity contribution is -0.109. The molecule has 0 aromatic heterocycles. The first-order valence-corrected chi connectivity index (χ1v) is 17.3. The molecule has 288 valence electrons. The van der Waals surface area contributed by atoms with Crippen LogP contribution in [0.25, 0.3) is 0 Å². The molecule has 0 radical (unpaired) electrons. The minimum atomic E-state index is -1.05. The molecule has 0 saturated heterocycles. The summed E-state index contributed by atoms with van der Waals surface area (Å²) in [6.07, 6.45) is 0.559. The van der Waals surface area contributed by atoms with Gasteiger partial charge in [-0.15, -0.1) is 0 Å². The molecule has 0 saturated carbocycles. The largest absolute Gasteiger partial charge is 0.444 e. The second-order valence-corrected chi connectivity index (χ2v) is 14.6. The molecule has 12 heteroatoms. The number of ketones is 1. The first kappa shape index (κ1) is 42.9. The summed E-state index contributed by atoms with van der Waals surface area (Å²) < 4.78 is 63.7. The van der Waals surface area contributed by atoms with Crippen LogP contribution in [-0.2, 0) is 40.0 Å². The second-order valence-electron chi connectivity index (χ2n) is 14.6. The highest BCUT2D eigenvalue weighted by molar-refractivity contribution is 6.01. The predicted octanol–water partition coefficient (Wildman–Crippen LogP) is 8.67. The van der Waals surface area contributed by atoms with Crippen LogP contribution in [0.5, 0.6) is 0 Å². The van der Waals surface area contributed by atoms with E-state index in [-0.39, 0.29) is 29.8 Å². The molecular weight excluding hydrogens is 704 g/mol. The van der Waals surface area contributed by atoms with Crippen LogP contribution in [0.2, 0.25) is 0 Å². The minimum Gasteiger partial charge on any atom is -0.444 e. The van der Waals surface area contributed by atoms with Crippen LogP contribution in [0.15, 0.2) is 91.0 Å². The molecule has 0 fully saturated rings. The van der Waals surface area contributed by atoms with Crippen molar-refractivity contribution in [2.45, 2.75) is 90.5 Å². The van der Waals surface area contributed by atoms with E-state index in [1.807, 2.05) is 30.3 Å². The number of hydrogen-bond acceptors (Lipinski definition) is 6. The number of Topliss-reactive ketones (excluding diaryl/α,β-unsaturated/α-hetero) is 1. The van der Waals surface area contributed by atoms with Gasteiger partial charge in [0.2, 0.25) is 0 Å². The van der Waals surface area contributed by atoms with Crippen LogP contribution in [0, 0.1) is 23.3 Å². The van der Waals surface area contributed by atoms with Crippen molar-refractivity contribution >= 4 is 24.3 Å². The summed E-state index contributed by atoms with van der Waals surface area (Å²) in [5.74, 6) is -3.34. The van der Waals surface area contributed by atoms with Gasteiger partial charge >= 0.3 is 12.2 Å². The molecule has 2 N–H and O–H groups in total.